The molecule has 0 aliphatic carbocycles. The summed E-state index contributed by atoms with van der Waals surface area (Å²) in [6.07, 6.45) is 3.49. The Morgan fingerprint density at radius 2 is 1.75 bits per heavy atom. The van der Waals surface area contributed by atoms with E-state index in [1.807, 2.05) is 29.2 Å². The van der Waals surface area contributed by atoms with E-state index < -0.39 is 0 Å². The van der Waals surface area contributed by atoms with Gasteiger partial charge in [-0.2, -0.15) is 0 Å². The molecule has 0 bridgehead atoms. The second kappa shape index (κ2) is 9.00. The second-order valence-corrected chi connectivity index (χ2v) is 8.71. The lowest BCUT2D eigenvalue weighted by Crippen LogP contribution is -2.49. The van der Waals surface area contributed by atoms with Crippen molar-refractivity contribution in [3.05, 3.63) is 72.6 Å². The third-order valence-electron chi connectivity index (χ3n) is 5.58. The van der Waals surface area contributed by atoms with Crippen molar-refractivity contribution in [3.8, 4) is 5.69 Å². The fraction of sp³-hybridized carbons (Fsp3) is 0.250. The zero-order valence-electron chi connectivity index (χ0n) is 17.9. The van der Waals surface area contributed by atoms with Gasteiger partial charge in [0.05, 0.1) is 16.8 Å². The molecule has 162 valence electrons. The van der Waals surface area contributed by atoms with Gasteiger partial charge < -0.3 is 9.80 Å². The van der Waals surface area contributed by atoms with Crippen molar-refractivity contribution in [2.45, 2.75) is 12.1 Å². The molecule has 0 saturated carbocycles. The molecule has 0 N–H and O–H groups in total. The van der Waals surface area contributed by atoms with Crippen molar-refractivity contribution < 1.29 is 4.79 Å². The number of benzene rings is 2. The van der Waals surface area contributed by atoms with E-state index in [1.165, 1.54) is 17.3 Å². The standard InChI is InChI=1S/C24H24N6OS/c1-18-6-4-7-19(16-18)30-21-9-3-2-8-20(21)27-24(30)32-17-22(31)28-12-14-29(15-13-28)23-25-10-5-11-26-23/h2-11,16H,12-15,17H2,1H3. The summed E-state index contributed by atoms with van der Waals surface area (Å²) in [6.45, 7) is 4.90. The highest BCUT2D eigenvalue weighted by Crippen LogP contribution is 2.28. The van der Waals surface area contributed by atoms with E-state index in [0.717, 1.165) is 40.9 Å². The highest BCUT2D eigenvalue weighted by atomic mass is 32.2. The van der Waals surface area contributed by atoms with Gasteiger partial charge in [0.15, 0.2) is 5.16 Å². The Labute approximate surface area is 191 Å². The van der Waals surface area contributed by atoms with Crippen molar-refractivity contribution in [3.63, 3.8) is 0 Å². The number of aromatic nitrogens is 4. The molecule has 2 aromatic carbocycles. The maximum absolute atomic E-state index is 12.9. The molecular formula is C24H24N6OS. The molecule has 1 fully saturated rings. The number of aryl methyl sites for hydroxylation is 1. The topological polar surface area (TPSA) is 67.2 Å². The number of imidazole rings is 1. The maximum Gasteiger partial charge on any atom is 0.233 e. The molecule has 0 atom stereocenters. The molecule has 32 heavy (non-hydrogen) atoms. The summed E-state index contributed by atoms with van der Waals surface area (Å²) < 4.78 is 2.14. The van der Waals surface area contributed by atoms with Crippen molar-refractivity contribution in [2.75, 3.05) is 36.8 Å². The van der Waals surface area contributed by atoms with Crippen LogP contribution in [-0.2, 0) is 4.79 Å². The maximum atomic E-state index is 12.9. The number of hydrogen-bond donors (Lipinski definition) is 0. The smallest absolute Gasteiger partial charge is 0.233 e. The summed E-state index contributed by atoms with van der Waals surface area (Å²) in [5.41, 5.74) is 4.22. The van der Waals surface area contributed by atoms with E-state index in [2.05, 4.69) is 56.7 Å². The summed E-state index contributed by atoms with van der Waals surface area (Å²) in [4.78, 5) is 30.4. The highest BCUT2D eigenvalue weighted by Gasteiger charge is 2.23. The zero-order chi connectivity index (χ0) is 21.9. The first-order valence-corrected chi connectivity index (χ1v) is 11.6. The number of piperazine rings is 1. The SMILES string of the molecule is Cc1cccc(-n2c(SCC(=O)N3CCN(c4ncccn4)CC3)nc3ccccc32)c1. The Bertz CT molecular complexity index is 1230. The molecule has 8 heteroatoms. The van der Waals surface area contributed by atoms with Crippen LogP contribution >= 0.6 is 11.8 Å². The Hall–Kier alpha value is -3.39. The zero-order valence-corrected chi connectivity index (χ0v) is 18.7. The minimum absolute atomic E-state index is 0.131. The molecular weight excluding hydrogens is 420 g/mol. The first-order valence-electron chi connectivity index (χ1n) is 10.7. The first kappa shape index (κ1) is 20.5. The number of carbonyl (C=O) groups is 1. The highest BCUT2D eigenvalue weighted by molar-refractivity contribution is 7.99. The third kappa shape index (κ3) is 4.18. The van der Waals surface area contributed by atoms with Crippen LogP contribution in [-0.4, -0.2) is 62.3 Å². The average molecular weight is 445 g/mol. The number of anilines is 1. The van der Waals surface area contributed by atoms with E-state index >= 15 is 0 Å². The number of hydrogen-bond acceptors (Lipinski definition) is 6. The monoisotopic (exact) mass is 444 g/mol. The van der Waals surface area contributed by atoms with Gasteiger partial charge in [0.2, 0.25) is 11.9 Å². The van der Waals surface area contributed by atoms with Crippen LogP contribution in [0.1, 0.15) is 5.56 Å². The van der Waals surface area contributed by atoms with Crippen molar-refractivity contribution in [1.82, 2.24) is 24.4 Å². The van der Waals surface area contributed by atoms with E-state index in [4.69, 9.17) is 4.98 Å². The predicted molar refractivity (Wildman–Crippen MR) is 127 cm³/mol. The fourth-order valence-electron chi connectivity index (χ4n) is 3.95. The van der Waals surface area contributed by atoms with Crippen LogP contribution in [0.3, 0.4) is 0 Å². The Morgan fingerprint density at radius 3 is 2.53 bits per heavy atom. The summed E-state index contributed by atoms with van der Waals surface area (Å²) in [5.74, 6) is 1.21. The molecule has 7 nitrogen and oxygen atoms in total. The van der Waals surface area contributed by atoms with Gasteiger partial charge in [-0.25, -0.2) is 15.0 Å². The molecule has 4 aromatic rings. The lowest BCUT2D eigenvalue weighted by Gasteiger charge is -2.34. The van der Waals surface area contributed by atoms with Crippen LogP contribution in [0.25, 0.3) is 16.7 Å². The molecule has 3 heterocycles. The van der Waals surface area contributed by atoms with Crippen LogP contribution < -0.4 is 4.90 Å². The molecule has 5 rings (SSSR count). The molecule has 1 aliphatic rings. The van der Waals surface area contributed by atoms with Crippen LogP contribution in [0.15, 0.2) is 72.1 Å². The summed E-state index contributed by atoms with van der Waals surface area (Å²) in [6, 6.07) is 18.3. The van der Waals surface area contributed by atoms with Gasteiger partial charge in [-0.1, -0.05) is 36.0 Å². The number of nitrogens with zero attached hydrogens (tertiary/aromatic N) is 6. The number of para-hydroxylation sites is 2. The van der Waals surface area contributed by atoms with Gasteiger partial charge in [0.25, 0.3) is 0 Å². The molecule has 0 unspecified atom stereocenters. The number of thioether (sulfide) groups is 1. The van der Waals surface area contributed by atoms with E-state index in [9.17, 15) is 4.79 Å². The molecule has 1 amide bonds. The lowest BCUT2D eigenvalue weighted by molar-refractivity contribution is -0.128. The minimum atomic E-state index is 0.131. The number of rotatable bonds is 5. The lowest BCUT2D eigenvalue weighted by atomic mass is 10.2. The van der Waals surface area contributed by atoms with Gasteiger partial charge in [-0.3, -0.25) is 9.36 Å². The Morgan fingerprint density at radius 1 is 0.969 bits per heavy atom. The summed E-state index contributed by atoms with van der Waals surface area (Å²) >= 11 is 1.49. The van der Waals surface area contributed by atoms with Gasteiger partial charge in [-0.05, 0) is 42.8 Å². The third-order valence-corrected chi connectivity index (χ3v) is 6.51. The van der Waals surface area contributed by atoms with Crippen LogP contribution in [0.2, 0.25) is 0 Å². The Balaban J connectivity index is 1.29. The van der Waals surface area contributed by atoms with Crippen LogP contribution in [0, 0.1) is 6.92 Å². The largest absolute Gasteiger partial charge is 0.338 e. The van der Waals surface area contributed by atoms with Gasteiger partial charge in [0.1, 0.15) is 0 Å². The second-order valence-electron chi connectivity index (χ2n) is 7.76. The number of carbonyl (C=O) groups excluding carboxylic acids is 1. The quantitative estimate of drug-likeness (QED) is 0.439. The fourth-order valence-corrected chi connectivity index (χ4v) is 4.88. The number of amides is 1. The molecule has 1 saturated heterocycles. The van der Waals surface area contributed by atoms with E-state index in [1.54, 1.807) is 12.4 Å². The van der Waals surface area contributed by atoms with Crippen molar-refractivity contribution >= 4 is 34.7 Å². The Kier molecular flexibility index (Phi) is 5.77. The molecule has 0 radical (unpaired) electrons. The normalized spacial score (nSPS) is 14.2. The van der Waals surface area contributed by atoms with E-state index in [0.29, 0.717) is 18.8 Å². The molecule has 2 aromatic heterocycles. The number of fused-ring (bicyclic) bond motifs is 1. The molecule has 1 aliphatic heterocycles. The summed E-state index contributed by atoms with van der Waals surface area (Å²) in [5, 5.41) is 0.835. The van der Waals surface area contributed by atoms with Gasteiger partial charge in [0, 0.05) is 44.3 Å². The van der Waals surface area contributed by atoms with Crippen LogP contribution in [0.4, 0.5) is 5.95 Å². The van der Waals surface area contributed by atoms with E-state index in [-0.39, 0.29) is 5.91 Å². The van der Waals surface area contributed by atoms with Gasteiger partial charge in [-0.15, -0.1) is 0 Å². The van der Waals surface area contributed by atoms with Crippen LogP contribution in [0.5, 0.6) is 0 Å². The van der Waals surface area contributed by atoms with Crippen molar-refractivity contribution in [2.24, 2.45) is 0 Å². The minimum Gasteiger partial charge on any atom is -0.338 e. The first-order chi connectivity index (χ1) is 15.7. The summed E-state index contributed by atoms with van der Waals surface area (Å²) in [7, 11) is 0. The average Bonchev–Trinajstić information content (AvgIpc) is 3.21. The van der Waals surface area contributed by atoms with Crippen molar-refractivity contribution in [1.29, 1.82) is 0 Å². The van der Waals surface area contributed by atoms with Gasteiger partial charge >= 0.3 is 0 Å². The molecule has 0 spiro atoms. The predicted octanol–water partition coefficient (Wildman–Crippen LogP) is 3.56.